The van der Waals surface area contributed by atoms with Crippen molar-refractivity contribution in [1.82, 2.24) is 4.31 Å². The van der Waals surface area contributed by atoms with Gasteiger partial charge in [0, 0.05) is 13.0 Å². The summed E-state index contributed by atoms with van der Waals surface area (Å²) < 4.78 is 24.8. The fraction of sp³-hybridized carbons (Fsp3) is 0.889. The van der Waals surface area contributed by atoms with E-state index in [-0.39, 0.29) is 11.8 Å². The second-order valence-electron chi connectivity index (χ2n) is 3.83. The number of nitrogens with zero attached hydrogens (tertiary/aromatic N) is 1. The van der Waals surface area contributed by atoms with E-state index in [1.807, 2.05) is 0 Å². The molecule has 4 nitrogen and oxygen atoms in total. The molecule has 0 saturated carbocycles. The predicted molar refractivity (Wildman–Crippen MR) is 54.5 cm³/mol. The van der Waals surface area contributed by atoms with Gasteiger partial charge in [-0.15, -0.1) is 0 Å². The molecule has 0 bridgehead atoms. The SMILES string of the molecule is CCC(=O)[C@@H]1CCN1S(=O)(=O)C(C)C. The minimum absolute atomic E-state index is 0.0282. The summed E-state index contributed by atoms with van der Waals surface area (Å²) in [6, 6.07) is -0.382. The van der Waals surface area contributed by atoms with Gasteiger partial charge in [-0.2, -0.15) is 4.31 Å². The van der Waals surface area contributed by atoms with Crippen LogP contribution < -0.4 is 0 Å². The summed E-state index contributed by atoms with van der Waals surface area (Å²) in [5.74, 6) is 0.0282. The molecule has 0 aromatic heterocycles. The van der Waals surface area contributed by atoms with Crippen LogP contribution in [0, 0.1) is 0 Å². The van der Waals surface area contributed by atoms with E-state index in [1.165, 1.54) is 4.31 Å². The standard InChI is InChI=1S/C9H17NO3S/c1-4-9(11)8-5-6-10(8)14(12,13)7(2)3/h7-8H,4-6H2,1-3H3/t8-/m0/s1. The third-order valence-electron chi connectivity index (χ3n) is 2.61. The normalized spacial score (nSPS) is 23.6. The lowest BCUT2D eigenvalue weighted by atomic mass is 10.0. The quantitative estimate of drug-likeness (QED) is 0.702. The molecule has 1 saturated heterocycles. The van der Waals surface area contributed by atoms with E-state index in [0.29, 0.717) is 19.4 Å². The van der Waals surface area contributed by atoms with Gasteiger partial charge in [-0.25, -0.2) is 8.42 Å². The van der Waals surface area contributed by atoms with E-state index < -0.39 is 15.3 Å². The lowest BCUT2D eigenvalue weighted by Crippen LogP contribution is -2.56. The van der Waals surface area contributed by atoms with Crippen molar-refractivity contribution in [3.05, 3.63) is 0 Å². The Morgan fingerprint density at radius 2 is 2.07 bits per heavy atom. The molecule has 0 radical (unpaired) electrons. The minimum atomic E-state index is -3.23. The summed E-state index contributed by atoms with van der Waals surface area (Å²) in [7, 11) is -3.23. The summed E-state index contributed by atoms with van der Waals surface area (Å²) in [6.45, 7) is 5.54. The highest BCUT2D eigenvalue weighted by molar-refractivity contribution is 7.89. The number of carbonyl (C=O) groups is 1. The van der Waals surface area contributed by atoms with Crippen molar-refractivity contribution < 1.29 is 13.2 Å². The van der Waals surface area contributed by atoms with Crippen molar-refractivity contribution in [2.45, 2.75) is 44.9 Å². The summed E-state index contributed by atoms with van der Waals surface area (Å²) in [5, 5.41) is -0.435. The highest BCUT2D eigenvalue weighted by Gasteiger charge is 2.42. The van der Waals surface area contributed by atoms with Gasteiger partial charge in [-0.05, 0) is 20.3 Å². The zero-order chi connectivity index (χ0) is 10.9. The van der Waals surface area contributed by atoms with E-state index in [2.05, 4.69) is 0 Å². The molecule has 0 aromatic carbocycles. The van der Waals surface area contributed by atoms with Gasteiger partial charge in [0.25, 0.3) is 0 Å². The Kier molecular flexibility index (Phi) is 3.32. The molecule has 1 aliphatic heterocycles. The minimum Gasteiger partial charge on any atom is -0.298 e. The van der Waals surface area contributed by atoms with Crippen molar-refractivity contribution in [2.75, 3.05) is 6.54 Å². The first kappa shape index (κ1) is 11.7. The first-order valence-electron chi connectivity index (χ1n) is 4.94. The molecular formula is C9H17NO3S. The van der Waals surface area contributed by atoms with Crippen LogP contribution in [-0.2, 0) is 14.8 Å². The van der Waals surface area contributed by atoms with Crippen molar-refractivity contribution in [2.24, 2.45) is 0 Å². The van der Waals surface area contributed by atoms with Gasteiger partial charge in [-0.3, -0.25) is 4.79 Å². The Hall–Kier alpha value is -0.420. The van der Waals surface area contributed by atoms with Crippen LogP contribution in [0.2, 0.25) is 0 Å². The number of rotatable bonds is 4. The molecule has 1 fully saturated rings. The van der Waals surface area contributed by atoms with Crippen molar-refractivity contribution >= 4 is 15.8 Å². The van der Waals surface area contributed by atoms with Crippen LogP contribution in [0.4, 0.5) is 0 Å². The van der Waals surface area contributed by atoms with Crippen LogP contribution >= 0.6 is 0 Å². The fourth-order valence-corrected chi connectivity index (χ4v) is 2.98. The number of hydrogen-bond acceptors (Lipinski definition) is 3. The van der Waals surface area contributed by atoms with Crippen molar-refractivity contribution in [3.63, 3.8) is 0 Å². The molecule has 1 rings (SSSR count). The number of carbonyl (C=O) groups excluding carboxylic acids is 1. The molecule has 0 spiro atoms. The van der Waals surface area contributed by atoms with Gasteiger partial charge in [0.15, 0.2) is 5.78 Å². The summed E-state index contributed by atoms with van der Waals surface area (Å²) in [6.07, 6.45) is 1.09. The zero-order valence-electron chi connectivity index (χ0n) is 8.86. The molecule has 1 heterocycles. The molecule has 5 heteroatoms. The Morgan fingerprint density at radius 3 is 2.36 bits per heavy atom. The maximum absolute atomic E-state index is 11.7. The Balaban J connectivity index is 2.77. The zero-order valence-corrected chi connectivity index (χ0v) is 9.67. The predicted octanol–water partition coefficient (Wildman–Crippen LogP) is 0.778. The van der Waals surface area contributed by atoms with Crippen LogP contribution in [0.25, 0.3) is 0 Å². The van der Waals surface area contributed by atoms with Gasteiger partial charge in [0.2, 0.25) is 10.0 Å². The highest BCUT2D eigenvalue weighted by Crippen LogP contribution is 2.25. The lowest BCUT2D eigenvalue weighted by Gasteiger charge is -2.39. The number of Topliss-reactive ketones (excluding diaryl/α,β-unsaturated/α-hetero) is 1. The fourth-order valence-electron chi connectivity index (χ4n) is 1.50. The van der Waals surface area contributed by atoms with Crippen molar-refractivity contribution in [1.29, 1.82) is 0 Å². The lowest BCUT2D eigenvalue weighted by molar-refractivity contribution is -0.125. The van der Waals surface area contributed by atoms with E-state index in [1.54, 1.807) is 20.8 Å². The molecule has 1 atom stereocenters. The number of ketones is 1. The molecule has 0 aromatic rings. The van der Waals surface area contributed by atoms with Crippen LogP contribution in [0.3, 0.4) is 0 Å². The molecule has 14 heavy (non-hydrogen) atoms. The second-order valence-corrected chi connectivity index (χ2v) is 6.27. The van der Waals surface area contributed by atoms with E-state index in [9.17, 15) is 13.2 Å². The van der Waals surface area contributed by atoms with Gasteiger partial charge >= 0.3 is 0 Å². The summed E-state index contributed by atoms with van der Waals surface area (Å²) in [4.78, 5) is 11.4. The van der Waals surface area contributed by atoms with Gasteiger partial charge < -0.3 is 0 Å². The van der Waals surface area contributed by atoms with E-state index >= 15 is 0 Å². The molecule has 0 unspecified atom stereocenters. The highest BCUT2D eigenvalue weighted by atomic mass is 32.2. The molecule has 0 N–H and O–H groups in total. The van der Waals surface area contributed by atoms with Crippen LogP contribution in [0.5, 0.6) is 0 Å². The molecule has 1 aliphatic rings. The van der Waals surface area contributed by atoms with Gasteiger partial charge in [0.1, 0.15) is 0 Å². The monoisotopic (exact) mass is 219 g/mol. The largest absolute Gasteiger partial charge is 0.298 e. The average Bonchev–Trinajstić information content (AvgIpc) is 2.00. The maximum Gasteiger partial charge on any atom is 0.217 e. The molecule has 82 valence electrons. The Labute approximate surface area is 85.3 Å². The van der Waals surface area contributed by atoms with Crippen LogP contribution in [0.15, 0.2) is 0 Å². The molecule has 0 amide bonds. The van der Waals surface area contributed by atoms with Crippen molar-refractivity contribution in [3.8, 4) is 0 Å². The summed E-state index contributed by atoms with van der Waals surface area (Å²) >= 11 is 0. The first-order valence-corrected chi connectivity index (χ1v) is 6.45. The average molecular weight is 219 g/mol. The van der Waals surface area contributed by atoms with Gasteiger partial charge in [-0.1, -0.05) is 6.92 Å². The number of hydrogen-bond donors (Lipinski definition) is 0. The number of sulfonamides is 1. The Morgan fingerprint density at radius 1 is 1.50 bits per heavy atom. The third-order valence-corrected chi connectivity index (χ3v) is 4.90. The summed E-state index contributed by atoms with van der Waals surface area (Å²) in [5.41, 5.74) is 0. The topological polar surface area (TPSA) is 54.5 Å². The van der Waals surface area contributed by atoms with E-state index in [4.69, 9.17) is 0 Å². The maximum atomic E-state index is 11.7. The van der Waals surface area contributed by atoms with Crippen LogP contribution in [0.1, 0.15) is 33.6 Å². The first-order chi connectivity index (χ1) is 6.41. The Bertz CT molecular complexity index is 321. The molecule has 0 aliphatic carbocycles. The third kappa shape index (κ3) is 1.83. The molecular weight excluding hydrogens is 202 g/mol. The second kappa shape index (κ2) is 3.98. The van der Waals surface area contributed by atoms with Crippen LogP contribution in [-0.4, -0.2) is 36.3 Å². The smallest absolute Gasteiger partial charge is 0.217 e. The van der Waals surface area contributed by atoms with Gasteiger partial charge in [0.05, 0.1) is 11.3 Å². The van der Waals surface area contributed by atoms with E-state index in [0.717, 1.165) is 0 Å².